The smallest absolute Gasteiger partial charge is 0.308 e. The Morgan fingerprint density at radius 2 is 2.20 bits per heavy atom. The van der Waals surface area contributed by atoms with E-state index in [1.54, 1.807) is 12.1 Å². The molecule has 0 radical (unpaired) electrons. The third-order valence-electron chi connectivity index (χ3n) is 2.13. The predicted octanol–water partition coefficient (Wildman–Crippen LogP) is 3.06. The summed E-state index contributed by atoms with van der Waals surface area (Å²) in [6.07, 6.45) is 0. The topological polar surface area (TPSA) is 42.1 Å². The number of aryl methyl sites for hydroxylation is 1. The molecule has 0 unspecified atom stereocenters. The monoisotopic (exact) mass is 223 g/mol. The van der Waals surface area contributed by atoms with E-state index in [0.29, 0.717) is 10.8 Å². The van der Waals surface area contributed by atoms with Gasteiger partial charge in [-0.25, -0.2) is 0 Å². The number of esters is 1. The molecule has 15 heavy (non-hydrogen) atoms. The van der Waals surface area contributed by atoms with Gasteiger partial charge in [-0.05, 0) is 25.1 Å². The average molecular weight is 224 g/mol. The molecule has 0 fully saturated rings. The third-order valence-corrected chi connectivity index (χ3v) is 2.37. The van der Waals surface area contributed by atoms with Crippen molar-refractivity contribution in [2.45, 2.75) is 13.8 Å². The van der Waals surface area contributed by atoms with Gasteiger partial charge in [-0.1, -0.05) is 11.6 Å². The van der Waals surface area contributed by atoms with Crippen molar-refractivity contribution in [3.05, 3.63) is 28.9 Å². The zero-order valence-electron chi connectivity index (χ0n) is 8.43. The number of ether oxygens (including phenoxy) is 1. The number of nitrogens with one attached hydrogen (secondary N) is 1. The van der Waals surface area contributed by atoms with E-state index < -0.39 is 0 Å². The Morgan fingerprint density at radius 3 is 2.87 bits per heavy atom. The molecular weight excluding hydrogens is 214 g/mol. The van der Waals surface area contributed by atoms with E-state index in [4.69, 9.17) is 16.3 Å². The lowest BCUT2D eigenvalue weighted by atomic mass is 10.2. The van der Waals surface area contributed by atoms with Crippen LogP contribution in [0.4, 0.5) is 0 Å². The summed E-state index contributed by atoms with van der Waals surface area (Å²) in [6, 6.07) is 5.40. The second-order valence-electron chi connectivity index (χ2n) is 3.36. The molecule has 0 amide bonds. The van der Waals surface area contributed by atoms with Gasteiger partial charge in [-0.2, -0.15) is 0 Å². The van der Waals surface area contributed by atoms with Crippen LogP contribution in [0, 0.1) is 6.92 Å². The van der Waals surface area contributed by atoms with E-state index >= 15 is 0 Å². The van der Waals surface area contributed by atoms with Crippen molar-refractivity contribution in [1.29, 1.82) is 0 Å². The van der Waals surface area contributed by atoms with Gasteiger partial charge in [-0.3, -0.25) is 4.79 Å². The maximum Gasteiger partial charge on any atom is 0.308 e. The second kappa shape index (κ2) is 3.59. The molecular formula is C11H10ClNO2. The molecule has 1 aromatic heterocycles. The zero-order chi connectivity index (χ0) is 11.0. The van der Waals surface area contributed by atoms with Gasteiger partial charge in [0, 0.05) is 17.3 Å². The summed E-state index contributed by atoms with van der Waals surface area (Å²) < 4.78 is 5.12. The number of hydrogen-bond donors (Lipinski definition) is 1. The number of benzene rings is 1. The lowest BCUT2D eigenvalue weighted by Crippen LogP contribution is -2.01. The molecule has 0 aliphatic heterocycles. The Bertz CT molecular complexity index is 531. The minimum Gasteiger partial charge on any atom is -0.424 e. The molecule has 0 atom stereocenters. The number of halogens is 1. The molecule has 4 heteroatoms. The first-order valence-electron chi connectivity index (χ1n) is 4.54. The van der Waals surface area contributed by atoms with Crippen LogP contribution in [-0.2, 0) is 4.79 Å². The van der Waals surface area contributed by atoms with Crippen molar-refractivity contribution in [1.82, 2.24) is 4.98 Å². The number of aromatic nitrogens is 1. The number of fused-ring (bicyclic) bond motifs is 1. The molecule has 0 aliphatic rings. The average Bonchev–Trinajstić information content (AvgIpc) is 2.41. The Labute approximate surface area is 92.0 Å². The summed E-state index contributed by atoms with van der Waals surface area (Å²) in [5.74, 6) is 0.253. The van der Waals surface area contributed by atoms with E-state index in [1.165, 1.54) is 6.92 Å². The van der Waals surface area contributed by atoms with Gasteiger partial charge >= 0.3 is 5.97 Å². The van der Waals surface area contributed by atoms with E-state index in [0.717, 1.165) is 16.6 Å². The van der Waals surface area contributed by atoms with Crippen LogP contribution in [0.2, 0.25) is 5.02 Å². The molecule has 78 valence electrons. The molecule has 1 heterocycles. The van der Waals surface area contributed by atoms with Crippen LogP contribution in [-0.4, -0.2) is 11.0 Å². The molecule has 1 N–H and O–H groups in total. The van der Waals surface area contributed by atoms with E-state index in [9.17, 15) is 4.79 Å². The number of carbonyl (C=O) groups excluding carboxylic acids is 1. The molecule has 0 aliphatic carbocycles. The normalized spacial score (nSPS) is 10.6. The number of rotatable bonds is 1. The molecule has 0 saturated carbocycles. The van der Waals surface area contributed by atoms with Crippen molar-refractivity contribution >= 4 is 28.5 Å². The van der Waals surface area contributed by atoms with Crippen LogP contribution in [0.5, 0.6) is 5.75 Å². The van der Waals surface area contributed by atoms with Crippen LogP contribution >= 0.6 is 11.6 Å². The Morgan fingerprint density at radius 1 is 1.47 bits per heavy atom. The van der Waals surface area contributed by atoms with Gasteiger partial charge in [0.1, 0.15) is 0 Å². The summed E-state index contributed by atoms with van der Waals surface area (Å²) in [4.78, 5) is 14.0. The molecule has 0 saturated heterocycles. The lowest BCUT2D eigenvalue weighted by molar-refractivity contribution is -0.131. The number of H-pyrrole nitrogens is 1. The maximum atomic E-state index is 10.9. The van der Waals surface area contributed by atoms with Crippen molar-refractivity contribution in [2.24, 2.45) is 0 Å². The first-order valence-corrected chi connectivity index (χ1v) is 4.92. The Hall–Kier alpha value is -1.48. The van der Waals surface area contributed by atoms with Gasteiger partial charge in [0.25, 0.3) is 0 Å². The van der Waals surface area contributed by atoms with E-state index in [-0.39, 0.29) is 5.97 Å². The van der Waals surface area contributed by atoms with Crippen LogP contribution in [0.25, 0.3) is 10.9 Å². The fourth-order valence-electron chi connectivity index (χ4n) is 1.55. The maximum absolute atomic E-state index is 10.9. The van der Waals surface area contributed by atoms with Crippen molar-refractivity contribution in [3.63, 3.8) is 0 Å². The highest BCUT2D eigenvalue weighted by molar-refractivity contribution is 6.31. The highest BCUT2D eigenvalue weighted by Gasteiger charge is 2.11. The fourth-order valence-corrected chi connectivity index (χ4v) is 1.73. The molecule has 2 aromatic rings. The second-order valence-corrected chi connectivity index (χ2v) is 3.80. The van der Waals surface area contributed by atoms with Crippen molar-refractivity contribution < 1.29 is 9.53 Å². The molecule has 2 rings (SSSR count). The minimum absolute atomic E-state index is 0.325. The van der Waals surface area contributed by atoms with Crippen molar-refractivity contribution in [2.75, 3.05) is 0 Å². The zero-order valence-corrected chi connectivity index (χ0v) is 9.18. The molecule has 0 spiro atoms. The first-order chi connectivity index (χ1) is 7.08. The number of hydrogen-bond acceptors (Lipinski definition) is 2. The van der Waals surface area contributed by atoms with E-state index in [2.05, 4.69) is 4.98 Å². The lowest BCUT2D eigenvalue weighted by Gasteiger charge is -1.99. The Balaban J connectivity index is 2.63. The standard InChI is InChI=1S/C11H10ClNO2/c1-6-11(15-7(2)14)9-4-3-8(12)5-10(9)13-6/h3-5,13H,1-2H3. The summed E-state index contributed by atoms with van der Waals surface area (Å²) in [5, 5.41) is 1.52. The molecule has 3 nitrogen and oxygen atoms in total. The van der Waals surface area contributed by atoms with E-state index in [1.807, 2.05) is 13.0 Å². The van der Waals surface area contributed by atoms with Gasteiger partial charge in [0.15, 0.2) is 5.75 Å². The molecule has 1 aromatic carbocycles. The number of aromatic amines is 1. The van der Waals surface area contributed by atoms with Crippen LogP contribution < -0.4 is 4.74 Å². The van der Waals surface area contributed by atoms with Crippen molar-refractivity contribution in [3.8, 4) is 5.75 Å². The Kier molecular flexibility index (Phi) is 2.40. The third kappa shape index (κ3) is 1.83. The van der Waals surface area contributed by atoms with Crippen LogP contribution in [0.15, 0.2) is 18.2 Å². The summed E-state index contributed by atoms with van der Waals surface area (Å²) in [5.41, 5.74) is 1.69. The highest BCUT2D eigenvalue weighted by Crippen LogP contribution is 2.31. The van der Waals surface area contributed by atoms with Gasteiger partial charge in [0.05, 0.1) is 11.2 Å². The highest BCUT2D eigenvalue weighted by atomic mass is 35.5. The quantitative estimate of drug-likeness (QED) is 0.755. The summed E-state index contributed by atoms with van der Waals surface area (Å²) >= 11 is 5.86. The fraction of sp³-hybridized carbons (Fsp3) is 0.182. The molecule has 0 bridgehead atoms. The van der Waals surface area contributed by atoms with Gasteiger partial charge in [-0.15, -0.1) is 0 Å². The predicted molar refractivity (Wildman–Crippen MR) is 59.4 cm³/mol. The first kappa shape index (κ1) is 10.1. The SMILES string of the molecule is CC(=O)Oc1c(C)[nH]c2cc(Cl)ccc12. The summed E-state index contributed by atoms with van der Waals surface area (Å²) in [6.45, 7) is 3.24. The van der Waals surface area contributed by atoms with Gasteiger partial charge < -0.3 is 9.72 Å². The van der Waals surface area contributed by atoms with Crippen LogP contribution in [0.3, 0.4) is 0 Å². The minimum atomic E-state index is -0.325. The number of carbonyl (C=O) groups is 1. The van der Waals surface area contributed by atoms with Crippen LogP contribution in [0.1, 0.15) is 12.6 Å². The largest absolute Gasteiger partial charge is 0.424 e. The van der Waals surface area contributed by atoms with Gasteiger partial charge in [0.2, 0.25) is 0 Å². The summed E-state index contributed by atoms with van der Waals surface area (Å²) in [7, 11) is 0.